The lowest BCUT2D eigenvalue weighted by Gasteiger charge is -2.40. The van der Waals surface area contributed by atoms with Crippen molar-refractivity contribution in [3.05, 3.63) is 241 Å². The minimum atomic E-state index is -0.479. The van der Waals surface area contributed by atoms with Crippen molar-refractivity contribution in [1.29, 1.82) is 0 Å². The molecule has 0 fully saturated rings. The summed E-state index contributed by atoms with van der Waals surface area (Å²) in [6.07, 6.45) is 0. The van der Waals surface area contributed by atoms with Gasteiger partial charge in [-0.05, 0) is 80.2 Å². The van der Waals surface area contributed by atoms with Gasteiger partial charge in [-0.2, -0.15) is 0 Å². The molecule has 2 aromatic heterocycles. The average Bonchev–Trinajstić information content (AvgIpc) is 3.67. The van der Waals surface area contributed by atoms with Gasteiger partial charge in [0, 0.05) is 42.8 Å². The fourth-order valence-corrected chi connectivity index (χ4v) is 11.3. The van der Waals surface area contributed by atoms with Crippen molar-refractivity contribution in [2.45, 2.75) is 15.2 Å². The summed E-state index contributed by atoms with van der Waals surface area (Å²) in [5.74, 6) is 1.93. The third kappa shape index (κ3) is 5.64. The highest BCUT2D eigenvalue weighted by atomic mass is 32.2. The lowest BCUT2D eigenvalue weighted by atomic mass is 9.67. The van der Waals surface area contributed by atoms with Crippen LogP contribution in [0.4, 0.5) is 0 Å². The Hall–Kier alpha value is -7.99. The summed E-state index contributed by atoms with van der Waals surface area (Å²) in [5, 5.41) is 3.46. The molecule has 298 valence electrons. The van der Waals surface area contributed by atoms with Crippen LogP contribution in [0.25, 0.3) is 89.4 Å². The number of hydrogen-bond donors (Lipinski definition) is 0. The number of nitrogens with zero attached hydrogens (tertiary/aromatic N) is 4. The van der Waals surface area contributed by atoms with E-state index in [0.29, 0.717) is 17.5 Å². The van der Waals surface area contributed by atoms with Gasteiger partial charge in [0.15, 0.2) is 17.5 Å². The van der Waals surface area contributed by atoms with E-state index in [4.69, 9.17) is 19.9 Å². The third-order valence-electron chi connectivity index (χ3n) is 13.0. The Bertz CT molecular complexity index is 3520. The summed E-state index contributed by atoms with van der Waals surface area (Å²) in [4.78, 5) is 22.9. The van der Waals surface area contributed by atoms with E-state index in [-0.39, 0.29) is 0 Å². The topological polar surface area (TPSA) is 51.6 Å². The van der Waals surface area contributed by atoms with E-state index in [0.717, 1.165) is 55.4 Å². The number of rotatable bonds is 5. The lowest BCUT2D eigenvalue weighted by molar-refractivity contribution is 0.724. The Morgan fingerprint density at radius 3 is 1.39 bits per heavy atom. The Labute approximate surface area is 375 Å². The number of fused-ring (bicyclic) bond motifs is 12. The van der Waals surface area contributed by atoms with Crippen LogP contribution in [0.1, 0.15) is 22.3 Å². The van der Waals surface area contributed by atoms with Gasteiger partial charge in [0.1, 0.15) is 0 Å². The summed E-state index contributed by atoms with van der Waals surface area (Å²) in [6, 6.07) is 78.1. The van der Waals surface area contributed by atoms with Crippen molar-refractivity contribution >= 4 is 33.4 Å². The van der Waals surface area contributed by atoms with E-state index >= 15 is 0 Å². The van der Waals surface area contributed by atoms with Gasteiger partial charge in [-0.3, -0.25) is 0 Å². The highest BCUT2D eigenvalue weighted by molar-refractivity contribution is 7.99. The molecule has 0 unspecified atom stereocenters. The monoisotopic (exact) mass is 832 g/mol. The molecule has 0 atom stereocenters. The maximum absolute atomic E-state index is 5.50. The second-order valence-electron chi connectivity index (χ2n) is 16.5. The molecule has 11 aromatic rings. The normalized spacial score (nSPS) is 13.1. The van der Waals surface area contributed by atoms with Gasteiger partial charge in [-0.1, -0.05) is 200 Å². The molecule has 0 amide bonds. The molecule has 9 aromatic carbocycles. The fraction of sp³-hybridized carbons (Fsp3) is 0.0169. The van der Waals surface area contributed by atoms with Crippen LogP contribution in [0.5, 0.6) is 0 Å². The minimum Gasteiger partial charge on any atom is -0.247 e. The Balaban J connectivity index is 0.991. The zero-order chi connectivity index (χ0) is 42.2. The maximum atomic E-state index is 5.50. The fourth-order valence-electron chi connectivity index (χ4n) is 10.1. The van der Waals surface area contributed by atoms with Crippen LogP contribution in [0.15, 0.2) is 228 Å². The zero-order valence-corrected chi connectivity index (χ0v) is 35.3. The maximum Gasteiger partial charge on any atom is 0.164 e. The average molecular weight is 833 g/mol. The number of pyridine rings is 1. The molecule has 2 aliphatic rings. The number of benzene rings is 9. The minimum absolute atomic E-state index is 0.479. The van der Waals surface area contributed by atoms with E-state index in [9.17, 15) is 0 Å². The van der Waals surface area contributed by atoms with Gasteiger partial charge in [-0.15, -0.1) is 0 Å². The SMILES string of the molecule is c1ccc(-c2nc(-c3ccccc3)nc(-c3ccc(-c4ccc5nc(-c6ccccc6)c6cc7c(cc6c5c4)Sc4ccccc4C74c5ccccc5-c5ccccc54)cc3)n2)cc1. The zero-order valence-electron chi connectivity index (χ0n) is 34.5. The molecule has 4 nitrogen and oxygen atoms in total. The molecule has 1 spiro atoms. The van der Waals surface area contributed by atoms with Crippen LogP contribution in [0.3, 0.4) is 0 Å². The molecule has 0 saturated carbocycles. The van der Waals surface area contributed by atoms with Gasteiger partial charge in [0.2, 0.25) is 0 Å². The molecule has 0 bridgehead atoms. The van der Waals surface area contributed by atoms with E-state index in [2.05, 4.69) is 158 Å². The molecule has 1 aliphatic carbocycles. The van der Waals surface area contributed by atoms with E-state index in [1.807, 2.05) is 72.4 Å². The van der Waals surface area contributed by atoms with E-state index in [1.165, 1.54) is 48.6 Å². The molecule has 0 radical (unpaired) electrons. The van der Waals surface area contributed by atoms with Crippen LogP contribution in [0.2, 0.25) is 0 Å². The first-order valence-corrected chi connectivity index (χ1v) is 22.4. The Morgan fingerprint density at radius 1 is 0.297 bits per heavy atom. The van der Waals surface area contributed by atoms with Gasteiger partial charge in [-0.25, -0.2) is 19.9 Å². The predicted molar refractivity (Wildman–Crippen MR) is 261 cm³/mol. The van der Waals surface area contributed by atoms with Gasteiger partial charge in [0.05, 0.1) is 16.6 Å². The summed E-state index contributed by atoms with van der Waals surface area (Å²) < 4.78 is 0. The van der Waals surface area contributed by atoms with Crippen LogP contribution in [0, 0.1) is 0 Å². The summed E-state index contributed by atoms with van der Waals surface area (Å²) in [6.45, 7) is 0. The van der Waals surface area contributed by atoms with Crippen molar-refractivity contribution in [3.63, 3.8) is 0 Å². The third-order valence-corrected chi connectivity index (χ3v) is 14.1. The molecule has 3 heterocycles. The first-order valence-electron chi connectivity index (χ1n) is 21.6. The smallest absolute Gasteiger partial charge is 0.164 e. The molecular formula is C59H36N4S. The Kier molecular flexibility index (Phi) is 8.33. The predicted octanol–water partition coefficient (Wildman–Crippen LogP) is 14.7. The molecule has 1 aliphatic heterocycles. The number of hydrogen-bond acceptors (Lipinski definition) is 5. The van der Waals surface area contributed by atoms with Crippen LogP contribution >= 0.6 is 11.8 Å². The first-order chi connectivity index (χ1) is 31.7. The molecule has 13 rings (SSSR count). The lowest BCUT2D eigenvalue weighted by Crippen LogP contribution is -2.32. The highest BCUT2D eigenvalue weighted by Crippen LogP contribution is 2.62. The second-order valence-corrected chi connectivity index (χ2v) is 17.6. The highest BCUT2D eigenvalue weighted by Gasteiger charge is 2.50. The quantitative estimate of drug-likeness (QED) is 0.162. The summed E-state index contributed by atoms with van der Waals surface area (Å²) in [5.41, 5.74) is 15.5. The van der Waals surface area contributed by atoms with Crippen molar-refractivity contribution in [2.75, 3.05) is 0 Å². The van der Waals surface area contributed by atoms with Crippen LogP contribution in [-0.2, 0) is 5.41 Å². The molecule has 5 heteroatoms. The van der Waals surface area contributed by atoms with Crippen molar-refractivity contribution in [3.8, 4) is 67.7 Å². The van der Waals surface area contributed by atoms with Gasteiger partial charge < -0.3 is 0 Å². The van der Waals surface area contributed by atoms with Crippen molar-refractivity contribution in [2.24, 2.45) is 0 Å². The molecule has 0 saturated heterocycles. The van der Waals surface area contributed by atoms with Gasteiger partial charge >= 0.3 is 0 Å². The van der Waals surface area contributed by atoms with Crippen molar-refractivity contribution in [1.82, 2.24) is 19.9 Å². The Morgan fingerprint density at radius 2 is 0.781 bits per heavy atom. The van der Waals surface area contributed by atoms with Crippen LogP contribution in [-0.4, -0.2) is 19.9 Å². The molecule has 64 heavy (non-hydrogen) atoms. The van der Waals surface area contributed by atoms with Crippen LogP contribution < -0.4 is 0 Å². The second kappa shape index (κ2) is 14.6. The standard InChI is InChI=1S/C59H36N4S/c1-4-16-38(17-5-1)55-47-35-51-54(64-53-27-15-14-26-50(53)59(51)48-24-12-10-22-43(48)44-23-11-13-25-49(44)59)36-45(47)46-34-42(32-33-52(46)60-55)37-28-30-41(31-29-37)58-62-56(39-18-6-2-7-19-39)61-57(63-58)40-20-8-3-9-21-40/h1-36H. The van der Waals surface area contributed by atoms with Crippen molar-refractivity contribution < 1.29 is 0 Å². The molecule has 0 N–H and O–H groups in total. The van der Waals surface area contributed by atoms with Gasteiger partial charge in [0.25, 0.3) is 0 Å². The summed E-state index contributed by atoms with van der Waals surface area (Å²) in [7, 11) is 0. The largest absolute Gasteiger partial charge is 0.247 e. The molecular weight excluding hydrogens is 797 g/mol. The van der Waals surface area contributed by atoms with E-state index < -0.39 is 5.41 Å². The van der Waals surface area contributed by atoms with E-state index in [1.54, 1.807) is 0 Å². The number of aromatic nitrogens is 4. The first kappa shape index (κ1) is 36.6. The summed E-state index contributed by atoms with van der Waals surface area (Å²) >= 11 is 1.88.